The maximum Gasteiger partial charge on any atom is 0.387 e. The largest absolute Gasteiger partial charge is 0.434 e. The molecule has 0 unspecified atom stereocenters. The van der Waals surface area contributed by atoms with Crippen LogP contribution in [0.2, 0.25) is 0 Å². The Morgan fingerprint density at radius 1 is 1.07 bits per heavy atom. The van der Waals surface area contributed by atoms with Crippen molar-refractivity contribution in [3.05, 3.63) is 59.7 Å². The number of para-hydroxylation sites is 1. The minimum Gasteiger partial charge on any atom is -0.434 e. The van der Waals surface area contributed by atoms with E-state index in [1.54, 1.807) is 49.5 Å². The molecule has 0 amide bonds. The lowest BCUT2D eigenvalue weighted by Gasteiger charge is -2.15. The zero-order valence-corrected chi connectivity index (χ0v) is 19.9. The molecule has 2 aromatic carbocycles. The smallest absolute Gasteiger partial charge is 0.387 e. The molecule has 0 aromatic heterocycles. The molecule has 0 saturated heterocycles. The molecule has 11 heteroatoms. The second-order valence-corrected chi connectivity index (χ2v) is 8.35. The van der Waals surface area contributed by atoms with Gasteiger partial charge in [0.1, 0.15) is 5.75 Å². The van der Waals surface area contributed by atoms with Crippen LogP contribution in [-0.4, -0.2) is 46.4 Å². The second-order valence-electron chi connectivity index (χ2n) is 6.20. The van der Waals surface area contributed by atoms with Gasteiger partial charge in [0.2, 0.25) is 10.0 Å². The first-order valence-corrected chi connectivity index (χ1v) is 10.2. The Balaban J connectivity index is 0.00000450. The molecule has 0 spiro atoms. The maximum absolute atomic E-state index is 12.5. The summed E-state index contributed by atoms with van der Waals surface area (Å²) in [6.45, 7) is -2.26. The lowest BCUT2D eigenvalue weighted by Crippen LogP contribution is -2.36. The summed E-state index contributed by atoms with van der Waals surface area (Å²) in [6, 6.07) is 13.0. The van der Waals surface area contributed by atoms with E-state index < -0.39 is 16.6 Å². The number of nitrogens with one attached hydrogen (secondary N) is 2. The molecule has 2 N–H and O–H groups in total. The maximum atomic E-state index is 12.5. The number of hydrogen-bond donors (Lipinski definition) is 2. The first kappa shape index (κ1) is 26.0. The van der Waals surface area contributed by atoms with E-state index in [1.807, 2.05) is 0 Å². The van der Waals surface area contributed by atoms with Crippen molar-refractivity contribution in [2.24, 2.45) is 4.99 Å². The Kier molecular flexibility index (Phi) is 10.4. The highest BCUT2D eigenvalue weighted by Crippen LogP contribution is 2.20. The summed E-state index contributed by atoms with van der Waals surface area (Å²) in [5, 5.41) is 6.12. The Morgan fingerprint density at radius 3 is 2.23 bits per heavy atom. The van der Waals surface area contributed by atoms with Crippen molar-refractivity contribution in [3.8, 4) is 5.75 Å². The highest BCUT2D eigenvalue weighted by atomic mass is 127. The first-order valence-electron chi connectivity index (χ1n) is 8.72. The fraction of sp³-hybridized carbons (Fsp3) is 0.316. The van der Waals surface area contributed by atoms with E-state index in [4.69, 9.17) is 0 Å². The van der Waals surface area contributed by atoms with Gasteiger partial charge in [0, 0.05) is 39.8 Å². The second kappa shape index (κ2) is 12.0. The number of alkyl halides is 2. The highest BCUT2D eigenvalue weighted by Gasteiger charge is 2.16. The quantitative estimate of drug-likeness (QED) is 0.298. The van der Waals surface area contributed by atoms with E-state index in [1.165, 1.54) is 20.2 Å². The average molecular weight is 554 g/mol. The number of rotatable bonds is 8. The summed E-state index contributed by atoms with van der Waals surface area (Å²) in [6.07, 6.45) is 0. The van der Waals surface area contributed by atoms with Crippen LogP contribution in [0, 0.1) is 0 Å². The van der Waals surface area contributed by atoms with Crippen molar-refractivity contribution in [1.82, 2.24) is 14.9 Å². The Morgan fingerprint density at radius 2 is 1.67 bits per heavy atom. The van der Waals surface area contributed by atoms with Crippen LogP contribution < -0.4 is 15.4 Å². The molecule has 0 saturated carbocycles. The van der Waals surface area contributed by atoms with Crippen LogP contribution in [0.3, 0.4) is 0 Å². The summed E-state index contributed by atoms with van der Waals surface area (Å²) in [5.41, 5.74) is 1.42. The van der Waals surface area contributed by atoms with E-state index in [9.17, 15) is 17.2 Å². The molecular weight excluding hydrogens is 529 g/mol. The molecule has 0 aliphatic heterocycles. The monoisotopic (exact) mass is 554 g/mol. The van der Waals surface area contributed by atoms with Crippen molar-refractivity contribution in [3.63, 3.8) is 0 Å². The predicted molar refractivity (Wildman–Crippen MR) is 123 cm³/mol. The highest BCUT2D eigenvalue weighted by molar-refractivity contribution is 14.0. The molecule has 2 aromatic rings. The van der Waals surface area contributed by atoms with Gasteiger partial charge in [0.05, 0.1) is 4.90 Å². The lowest BCUT2D eigenvalue weighted by atomic mass is 10.2. The van der Waals surface area contributed by atoms with E-state index in [-0.39, 0.29) is 41.2 Å². The number of sulfonamides is 1. The summed E-state index contributed by atoms with van der Waals surface area (Å²) >= 11 is 0. The van der Waals surface area contributed by atoms with Crippen molar-refractivity contribution in [1.29, 1.82) is 0 Å². The molecule has 0 aliphatic carbocycles. The summed E-state index contributed by atoms with van der Waals surface area (Å²) in [5.74, 6) is 0.560. The molecule has 0 bridgehead atoms. The zero-order valence-electron chi connectivity index (χ0n) is 16.8. The van der Waals surface area contributed by atoms with Crippen LogP contribution >= 0.6 is 24.0 Å². The average Bonchev–Trinajstić information content (AvgIpc) is 2.69. The molecular formula is C19H25F2IN4O3S. The minimum absolute atomic E-state index is 0. The van der Waals surface area contributed by atoms with Crippen molar-refractivity contribution in [2.45, 2.75) is 24.6 Å². The van der Waals surface area contributed by atoms with Crippen molar-refractivity contribution >= 4 is 40.0 Å². The van der Waals surface area contributed by atoms with Crippen LogP contribution in [0.15, 0.2) is 58.4 Å². The molecule has 0 heterocycles. The van der Waals surface area contributed by atoms with Crippen LogP contribution in [0.4, 0.5) is 8.78 Å². The third-order valence-corrected chi connectivity index (χ3v) is 5.85. The number of nitrogens with zero attached hydrogens (tertiary/aromatic N) is 2. The molecule has 30 heavy (non-hydrogen) atoms. The SMILES string of the molecule is CN=C(NCc1ccc(S(=O)(=O)N(C)C)cc1)NCc1ccccc1OC(F)F.I. The number of benzene rings is 2. The van der Waals surface area contributed by atoms with Crippen LogP contribution in [-0.2, 0) is 23.1 Å². The molecule has 166 valence electrons. The first-order chi connectivity index (χ1) is 13.7. The van der Waals surface area contributed by atoms with Gasteiger partial charge in [-0.1, -0.05) is 30.3 Å². The molecule has 0 atom stereocenters. The van der Waals surface area contributed by atoms with Crippen molar-refractivity contribution in [2.75, 3.05) is 21.1 Å². The van der Waals surface area contributed by atoms with Gasteiger partial charge in [0.25, 0.3) is 0 Å². The van der Waals surface area contributed by atoms with Gasteiger partial charge in [0.15, 0.2) is 5.96 Å². The third-order valence-electron chi connectivity index (χ3n) is 4.02. The lowest BCUT2D eigenvalue weighted by molar-refractivity contribution is -0.0504. The summed E-state index contributed by atoms with van der Waals surface area (Å²) in [4.78, 5) is 4.30. The molecule has 0 aliphatic rings. The van der Waals surface area contributed by atoms with Crippen LogP contribution in [0.25, 0.3) is 0 Å². The number of guanidine groups is 1. The van der Waals surface area contributed by atoms with Gasteiger partial charge in [-0.3, -0.25) is 4.99 Å². The molecule has 2 rings (SSSR count). The minimum atomic E-state index is -3.47. The Labute approximate surface area is 192 Å². The fourth-order valence-corrected chi connectivity index (χ4v) is 3.34. The molecule has 7 nitrogen and oxygen atoms in total. The molecule has 0 fully saturated rings. The van der Waals surface area contributed by atoms with Gasteiger partial charge in [-0.25, -0.2) is 12.7 Å². The Bertz CT molecular complexity index is 939. The van der Waals surface area contributed by atoms with Gasteiger partial charge < -0.3 is 15.4 Å². The molecule has 0 radical (unpaired) electrons. The zero-order chi connectivity index (χ0) is 21.4. The van der Waals surface area contributed by atoms with E-state index in [0.29, 0.717) is 18.1 Å². The number of aliphatic imine (C=N–C) groups is 1. The number of hydrogen-bond acceptors (Lipinski definition) is 4. The third kappa shape index (κ3) is 7.36. The van der Waals surface area contributed by atoms with E-state index >= 15 is 0 Å². The van der Waals surface area contributed by atoms with Gasteiger partial charge in [-0.05, 0) is 23.8 Å². The standard InChI is InChI=1S/C19H24F2N4O3S.HI/c1-22-19(24-13-15-6-4-5-7-17(15)28-18(20)21)23-12-14-8-10-16(11-9-14)29(26,27)25(2)3;/h4-11,18H,12-13H2,1-3H3,(H2,22,23,24);1H. The van der Waals surface area contributed by atoms with E-state index in [2.05, 4.69) is 20.4 Å². The van der Waals surface area contributed by atoms with Gasteiger partial charge in [-0.2, -0.15) is 8.78 Å². The fourth-order valence-electron chi connectivity index (χ4n) is 2.44. The van der Waals surface area contributed by atoms with E-state index in [0.717, 1.165) is 9.87 Å². The topological polar surface area (TPSA) is 83.0 Å². The summed E-state index contributed by atoms with van der Waals surface area (Å²) < 4.78 is 54.9. The normalized spacial score (nSPS) is 11.9. The van der Waals surface area contributed by atoms with Crippen molar-refractivity contribution < 1.29 is 21.9 Å². The van der Waals surface area contributed by atoms with Gasteiger partial charge in [-0.15, -0.1) is 24.0 Å². The van der Waals surface area contributed by atoms with Crippen LogP contribution in [0.1, 0.15) is 11.1 Å². The van der Waals surface area contributed by atoms with Crippen LogP contribution in [0.5, 0.6) is 5.75 Å². The van der Waals surface area contributed by atoms with Gasteiger partial charge >= 0.3 is 6.61 Å². The predicted octanol–water partition coefficient (Wildman–Crippen LogP) is 3.02. The number of halogens is 3. The Hall–Kier alpha value is -1.99. The summed E-state index contributed by atoms with van der Waals surface area (Å²) in [7, 11) is 1.07. The number of ether oxygens (including phenoxy) is 1.